The zero-order valence-electron chi connectivity index (χ0n) is 9.61. The molecular weight excluding hydrogens is 207 g/mol. The molecule has 1 aromatic heterocycles. The number of hydrogen-bond donors (Lipinski definition) is 1. The second-order valence-electron chi connectivity index (χ2n) is 3.35. The molecule has 16 heavy (non-hydrogen) atoms. The molecule has 0 aromatic carbocycles. The second kappa shape index (κ2) is 5.49. The summed E-state index contributed by atoms with van der Waals surface area (Å²) < 4.78 is 4.73. The van der Waals surface area contributed by atoms with E-state index in [0.29, 0.717) is 5.82 Å². The Morgan fingerprint density at radius 3 is 2.88 bits per heavy atom. The Bertz CT molecular complexity index is 430. The highest BCUT2D eigenvalue weighted by atomic mass is 16.5. The van der Waals surface area contributed by atoms with E-state index in [1.165, 1.54) is 6.20 Å². The van der Waals surface area contributed by atoms with E-state index < -0.39 is 11.5 Å². The van der Waals surface area contributed by atoms with Crippen molar-refractivity contribution in [2.45, 2.75) is 26.5 Å². The van der Waals surface area contributed by atoms with E-state index in [0.717, 1.165) is 0 Å². The summed E-state index contributed by atoms with van der Waals surface area (Å²) in [5.74, 6) is -0.0552. The maximum atomic E-state index is 11.6. The van der Waals surface area contributed by atoms with Crippen molar-refractivity contribution in [1.29, 1.82) is 0 Å². The molecule has 1 aromatic rings. The standard InChI is InChI=1S/C10H14BN2O3/c1-4-16-10(15)7-5-12-8(6(2)11-3)13-9(7)14/h5-6H,4H2,1-3H3,(H,12,13,14). The van der Waals surface area contributed by atoms with Gasteiger partial charge in [0.1, 0.15) is 18.7 Å². The lowest BCUT2D eigenvalue weighted by atomic mass is 9.67. The minimum absolute atomic E-state index is 0.0453. The Kier molecular flexibility index (Phi) is 4.28. The molecule has 0 amide bonds. The van der Waals surface area contributed by atoms with Gasteiger partial charge in [0.2, 0.25) is 0 Å². The number of H-pyrrole nitrogens is 1. The fourth-order valence-corrected chi connectivity index (χ4v) is 1.15. The molecule has 1 atom stereocenters. The van der Waals surface area contributed by atoms with Gasteiger partial charge >= 0.3 is 5.97 Å². The molecule has 1 heterocycles. The Labute approximate surface area is 94.5 Å². The molecular formula is C10H14BN2O3. The first-order valence-corrected chi connectivity index (χ1v) is 5.16. The highest BCUT2D eigenvalue weighted by Gasteiger charge is 2.14. The molecule has 0 aliphatic heterocycles. The largest absolute Gasteiger partial charge is 0.462 e. The zero-order chi connectivity index (χ0) is 12.1. The first-order chi connectivity index (χ1) is 7.60. The number of nitrogens with one attached hydrogen (secondary N) is 1. The lowest BCUT2D eigenvalue weighted by Crippen LogP contribution is -2.23. The van der Waals surface area contributed by atoms with Crippen LogP contribution >= 0.6 is 0 Å². The summed E-state index contributed by atoms with van der Waals surface area (Å²) in [4.78, 5) is 29.5. The third-order valence-corrected chi connectivity index (χ3v) is 2.25. The molecule has 1 N–H and O–H groups in total. The predicted octanol–water partition coefficient (Wildman–Crippen LogP) is 0.760. The maximum Gasteiger partial charge on any atom is 0.345 e. The summed E-state index contributed by atoms with van der Waals surface area (Å²) in [5.41, 5.74) is -0.522. The lowest BCUT2D eigenvalue weighted by molar-refractivity contribution is 0.0523. The molecule has 0 aliphatic carbocycles. The number of aromatic nitrogens is 2. The van der Waals surface area contributed by atoms with E-state index in [2.05, 4.69) is 9.97 Å². The molecule has 0 aliphatic rings. The highest BCUT2D eigenvalue weighted by Crippen LogP contribution is 2.05. The van der Waals surface area contributed by atoms with Crippen molar-refractivity contribution in [3.8, 4) is 0 Å². The molecule has 1 rings (SSSR count). The predicted molar refractivity (Wildman–Crippen MR) is 60.8 cm³/mol. The van der Waals surface area contributed by atoms with Crippen LogP contribution in [0.5, 0.6) is 0 Å². The first kappa shape index (κ1) is 12.5. The summed E-state index contributed by atoms with van der Waals surface area (Å²) in [6, 6.07) is 0. The monoisotopic (exact) mass is 221 g/mol. The second-order valence-corrected chi connectivity index (χ2v) is 3.35. The summed E-state index contributed by atoms with van der Waals surface area (Å²) in [6.45, 7) is 5.70. The highest BCUT2D eigenvalue weighted by molar-refractivity contribution is 6.35. The van der Waals surface area contributed by atoms with Gasteiger partial charge in [0, 0.05) is 6.20 Å². The molecule has 1 radical (unpaired) electrons. The van der Waals surface area contributed by atoms with Gasteiger partial charge in [-0.25, -0.2) is 9.78 Å². The number of rotatable bonds is 4. The van der Waals surface area contributed by atoms with Gasteiger partial charge in [-0.1, -0.05) is 13.7 Å². The summed E-state index contributed by atoms with van der Waals surface area (Å²) in [5, 5.41) is 0. The number of ether oxygens (including phenoxy) is 1. The van der Waals surface area contributed by atoms with E-state index in [9.17, 15) is 9.59 Å². The minimum atomic E-state index is -0.643. The van der Waals surface area contributed by atoms with Gasteiger partial charge in [-0.2, -0.15) is 0 Å². The molecule has 1 unspecified atom stereocenters. The number of carbonyl (C=O) groups is 1. The van der Waals surface area contributed by atoms with Crippen molar-refractivity contribution in [1.82, 2.24) is 9.97 Å². The van der Waals surface area contributed by atoms with Crippen LogP contribution in [-0.4, -0.2) is 29.8 Å². The van der Waals surface area contributed by atoms with Gasteiger partial charge in [0.15, 0.2) is 0 Å². The van der Waals surface area contributed by atoms with Gasteiger partial charge in [-0.15, -0.1) is 0 Å². The average molecular weight is 221 g/mol. The van der Waals surface area contributed by atoms with Crippen LogP contribution in [0.3, 0.4) is 0 Å². The molecule has 0 saturated carbocycles. The fourth-order valence-electron chi connectivity index (χ4n) is 1.15. The Hall–Kier alpha value is -1.59. The van der Waals surface area contributed by atoms with E-state index >= 15 is 0 Å². The van der Waals surface area contributed by atoms with Gasteiger partial charge in [-0.05, 0) is 12.7 Å². The van der Waals surface area contributed by atoms with Crippen LogP contribution in [0.1, 0.15) is 35.8 Å². The van der Waals surface area contributed by atoms with Crippen LogP contribution in [0.15, 0.2) is 11.0 Å². The third kappa shape index (κ3) is 2.71. The maximum absolute atomic E-state index is 11.6. The van der Waals surface area contributed by atoms with E-state index in [1.54, 1.807) is 6.92 Å². The Balaban J connectivity index is 3.00. The van der Waals surface area contributed by atoms with Crippen LogP contribution < -0.4 is 5.56 Å². The number of carbonyl (C=O) groups excluding carboxylic acids is 1. The number of aromatic amines is 1. The van der Waals surface area contributed by atoms with Gasteiger partial charge in [0.25, 0.3) is 5.56 Å². The van der Waals surface area contributed by atoms with Crippen molar-refractivity contribution in [2.75, 3.05) is 6.61 Å². The molecule has 0 bridgehead atoms. The van der Waals surface area contributed by atoms with Crippen molar-refractivity contribution < 1.29 is 9.53 Å². The molecule has 0 saturated heterocycles. The van der Waals surface area contributed by atoms with Gasteiger partial charge in [-0.3, -0.25) is 4.79 Å². The van der Waals surface area contributed by atoms with Gasteiger partial charge in [0.05, 0.1) is 6.61 Å². The summed E-state index contributed by atoms with van der Waals surface area (Å²) >= 11 is 0. The third-order valence-electron chi connectivity index (χ3n) is 2.25. The molecule has 6 heteroatoms. The van der Waals surface area contributed by atoms with Crippen molar-refractivity contribution in [2.24, 2.45) is 0 Å². The quantitative estimate of drug-likeness (QED) is 0.601. The molecule has 5 nitrogen and oxygen atoms in total. The Morgan fingerprint density at radius 2 is 2.38 bits per heavy atom. The molecule has 0 fully saturated rings. The van der Waals surface area contributed by atoms with Crippen molar-refractivity contribution in [3.63, 3.8) is 0 Å². The summed E-state index contributed by atoms with van der Waals surface area (Å²) in [7, 11) is 1.91. The molecule has 85 valence electrons. The number of esters is 1. The van der Waals surface area contributed by atoms with Crippen LogP contribution in [0.4, 0.5) is 0 Å². The zero-order valence-corrected chi connectivity index (χ0v) is 9.61. The van der Waals surface area contributed by atoms with E-state index in [1.807, 2.05) is 21.0 Å². The Morgan fingerprint density at radius 1 is 1.69 bits per heavy atom. The lowest BCUT2D eigenvalue weighted by Gasteiger charge is -2.07. The van der Waals surface area contributed by atoms with Crippen LogP contribution in [-0.2, 0) is 4.74 Å². The van der Waals surface area contributed by atoms with E-state index in [4.69, 9.17) is 4.74 Å². The average Bonchev–Trinajstić information content (AvgIpc) is 2.28. The first-order valence-electron chi connectivity index (χ1n) is 5.16. The van der Waals surface area contributed by atoms with Crippen molar-refractivity contribution >= 4 is 13.2 Å². The number of hydrogen-bond acceptors (Lipinski definition) is 4. The van der Waals surface area contributed by atoms with Crippen LogP contribution in [0.25, 0.3) is 0 Å². The fraction of sp³-hybridized carbons (Fsp3) is 0.500. The normalized spacial score (nSPS) is 11.9. The van der Waals surface area contributed by atoms with Crippen LogP contribution in [0, 0.1) is 0 Å². The summed E-state index contributed by atoms with van der Waals surface area (Å²) in [6.07, 6.45) is 1.26. The van der Waals surface area contributed by atoms with E-state index in [-0.39, 0.29) is 18.0 Å². The number of nitrogens with zero attached hydrogens (tertiary/aromatic N) is 1. The topological polar surface area (TPSA) is 72.0 Å². The SMILES string of the molecule is C[B]C(C)c1ncc(C(=O)OCC)c(=O)[nH]1. The van der Waals surface area contributed by atoms with Crippen molar-refractivity contribution in [3.05, 3.63) is 27.9 Å². The minimum Gasteiger partial charge on any atom is -0.462 e. The smallest absolute Gasteiger partial charge is 0.345 e. The van der Waals surface area contributed by atoms with Gasteiger partial charge < -0.3 is 9.72 Å². The molecule has 0 spiro atoms. The van der Waals surface area contributed by atoms with Crippen LogP contribution in [0.2, 0.25) is 6.82 Å².